The number of hydrogen-bond donors (Lipinski definition) is 4. The van der Waals surface area contributed by atoms with Crippen LogP contribution < -0.4 is 21.3 Å². The van der Waals surface area contributed by atoms with Crippen LogP contribution in [0.25, 0.3) is 0 Å². The van der Waals surface area contributed by atoms with E-state index < -0.39 is 86.5 Å². The number of carbonyl (C=O) groups is 4. The van der Waals surface area contributed by atoms with Gasteiger partial charge in [0.1, 0.15) is 9.84 Å². The van der Waals surface area contributed by atoms with Gasteiger partial charge < -0.3 is 21.3 Å². The van der Waals surface area contributed by atoms with Crippen molar-refractivity contribution < 1.29 is 80.3 Å². The second-order valence-electron chi connectivity index (χ2n) is 19.0. The number of thioether (sulfide) groups is 1. The first-order valence-electron chi connectivity index (χ1n) is 24.1. The van der Waals surface area contributed by atoms with Crippen molar-refractivity contribution in [2.24, 2.45) is 0 Å². The van der Waals surface area contributed by atoms with E-state index in [2.05, 4.69) is 21.3 Å². The van der Waals surface area contributed by atoms with Crippen molar-refractivity contribution in [3.63, 3.8) is 0 Å². The smallest absolute Gasteiger partial charge is 0.349 e. The van der Waals surface area contributed by atoms with Gasteiger partial charge in [-0.1, -0.05) is 59.6 Å². The number of aryl methyl sites for hydroxylation is 2. The van der Waals surface area contributed by atoms with Gasteiger partial charge in [0, 0.05) is 35.5 Å². The van der Waals surface area contributed by atoms with Crippen LogP contribution in [0, 0.1) is 13.8 Å². The van der Waals surface area contributed by atoms with Gasteiger partial charge in [0.2, 0.25) is 0 Å². The number of benzene rings is 6. The molecule has 0 aliphatic rings. The van der Waals surface area contributed by atoms with Gasteiger partial charge in [0.15, 0.2) is 0 Å². The normalized spacial score (nSPS) is 12.8. The molecule has 6 aromatic carbocycles. The molecule has 26 heteroatoms. The number of nitrogens with one attached hydrogen (secondary N) is 4. The number of alkyl halides is 12. The van der Waals surface area contributed by atoms with Gasteiger partial charge >= 0.3 is 24.7 Å². The fourth-order valence-electron chi connectivity index (χ4n) is 8.31. The summed E-state index contributed by atoms with van der Waals surface area (Å²) in [5, 5.41) is 10.6. The summed E-state index contributed by atoms with van der Waals surface area (Å²) in [5.74, 6) is -2.32. The van der Waals surface area contributed by atoms with Crippen LogP contribution in [0.5, 0.6) is 0 Å². The molecular formula is C56H50Cl2F12N4O6S2. The number of rotatable bonds is 16. The second-order valence-corrected chi connectivity index (χ2v) is 22.9. The summed E-state index contributed by atoms with van der Waals surface area (Å²) in [6.45, 7) is 6.50. The molecule has 6 rings (SSSR count). The van der Waals surface area contributed by atoms with E-state index in [4.69, 9.17) is 23.2 Å². The van der Waals surface area contributed by atoms with Crippen LogP contribution in [0.2, 0.25) is 10.0 Å². The Hall–Kier alpha value is -6.76. The third-order valence-corrected chi connectivity index (χ3v) is 14.5. The first-order valence-corrected chi connectivity index (χ1v) is 28.3. The molecular weight excluding hydrogens is 1190 g/mol. The predicted octanol–water partition coefficient (Wildman–Crippen LogP) is 14.7. The monoisotopic (exact) mass is 1240 g/mol. The first kappa shape index (κ1) is 66.0. The number of anilines is 2. The van der Waals surface area contributed by atoms with Crippen LogP contribution in [0.1, 0.15) is 111 Å². The molecule has 0 spiro atoms. The third kappa shape index (κ3) is 18.6. The van der Waals surface area contributed by atoms with Gasteiger partial charge in [0.05, 0.1) is 60.3 Å². The summed E-state index contributed by atoms with van der Waals surface area (Å²) in [6, 6.07) is 19.4. The number of halogens is 14. The minimum absolute atomic E-state index is 0.00825. The molecule has 82 heavy (non-hydrogen) atoms. The van der Waals surface area contributed by atoms with Crippen molar-refractivity contribution >= 4 is 79.8 Å². The van der Waals surface area contributed by atoms with Crippen LogP contribution in [-0.2, 0) is 47.4 Å². The Balaban J connectivity index is 0.000000301. The van der Waals surface area contributed by atoms with Crippen LogP contribution in [0.15, 0.2) is 109 Å². The molecule has 6 aromatic rings. The molecule has 0 radical (unpaired) electrons. The minimum Gasteiger partial charge on any atom is -0.349 e. The number of sulfone groups is 1. The molecule has 0 fully saturated rings. The summed E-state index contributed by atoms with van der Waals surface area (Å²) in [6.07, 6.45) is -17.4. The molecule has 0 aromatic heterocycles. The number of amides is 4. The Morgan fingerprint density at radius 1 is 0.500 bits per heavy atom. The van der Waals surface area contributed by atoms with Crippen molar-refractivity contribution in [2.75, 3.05) is 34.7 Å². The maximum atomic E-state index is 13.2. The van der Waals surface area contributed by atoms with E-state index >= 15 is 0 Å². The van der Waals surface area contributed by atoms with Crippen LogP contribution >= 0.6 is 35.0 Å². The highest BCUT2D eigenvalue weighted by Crippen LogP contribution is 2.39. The Morgan fingerprint density at radius 2 is 0.841 bits per heavy atom. The number of hydrogen-bond acceptors (Lipinski definition) is 7. The van der Waals surface area contributed by atoms with E-state index in [9.17, 15) is 80.3 Å². The summed E-state index contributed by atoms with van der Waals surface area (Å²) in [7, 11) is -3.40. The van der Waals surface area contributed by atoms with Gasteiger partial charge in [-0.15, -0.1) is 0 Å². The topological polar surface area (TPSA) is 151 Å². The molecule has 2 unspecified atom stereocenters. The van der Waals surface area contributed by atoms with Gasteiger partial charge in [0.25, 0.3) is 23.6 Å². The fraction of sp³-hybridized carbons (Fsp3) is 0.286. The maximum Gasteiger partial charge on any atom is 0.416 e. The van der Waals surface area contributed by atoms with E-state index in [-0.39, 0.29) is 85.9 Å². The summed E-state index contributed by atoms with van der Waals surface area (Å²) >= 11 is 14.0. The van der Waals surface area contributed by atoms with Crippen molar-refractivity contribution in [3.8, 4) is 0 Å². The van der Waals surface area contributed by atoms with Gasteiger partial charge in [-0.2, -0.15) is 64.4 Å². The molecule has 4 N–H and O–H groups in total. The Kier molecular flexibility index (Phi) is 21.5. The van der Waals surface area contributed by atoms with E-state index in [1.807, 2.05) is 13.2 Å². The lowest BCUT2D eigenvalue weighted by molar-refractivity contribution is -0.144. The minimum atomic E-state index is -4.97. The van der Waals surface area contributed by atoms with E-state index in [0.29, 0.717) is 58.0 Å². The van der Waals surface area contributed by atoms with Crippen LogP contribution in [0.3, 0.4) is 0 Å². The Bertz CT molecular complexity index is 3420. The SMILES string of the molecule is CSCC(C)NC(=O)c1c(Cl)cccc1C(=O)Nc1ccc(Cc2cc(C(F)(F)F)cc(C(F)(F)F)c2)cc1C.Cc1cc(Cc2cc(C(F)(F)F)cc(C(F)(F)F)c2)ccc1NC(=O)c1cccc(Cl)c1C(=O)NC(C)CS(C)(=O)=O. The highest BCUT2D eigenvalue weighted by Gasteiger charge is 2.38. The highest BCUT2D eigenvalue weighted by atomic mass is 35.5. The molecule has 0 saturated carbocycles. The lowest BCUT2D eigenvalue weighted by atomic mass is 9.98. The Labute approximate surface area is 477 Å². The van der Waals surface area contributed by atoms with Crippen LogP contribution in [0.4, 0.5) is 64.1 Å². The molecule has 2 atom stereocenters. The summed E-state index contributed by atoms with van der Waals surface area (Å²) < 4.78 is 182. The average Bonchev–Trinajstić information content (AvgIpc) is 3.46. The largest absolute Gasteiger partial charge is 0.416 e. The first-order chi connectivity index (χ1) is 37.8. The van der Waals surface area contributed by atoms with Crippen molar-refractivity contribution in [1.29, 1.82) is 0 Å². The molecule has 0 aliphatic carbocycles. The second kappa shape index (κ2) is 26.7. The van der Waals surface area contributed by atoms with Crippen molar-refractivity contribution in [1.82, 2.24) is 10.6 Å². The Morgan fingerprint density at radius 3 is 1.15 bits per heavy atom. The van der Waals surface area contributed by atoms with Gasteiger partial charge in [-0.3, -0.25) is 19.2 Å². The quantitative estimate of drug-likeness (QED) is 0.0705. The lowest BCUT2D eigenvalue weighted by Crippen LogP contribution is -2.38. The van der Waals surface area contributed by atoms with E-state index in [1.54, 1.807) is 31.7 Å². The van der Waals surface area contributed by atoms with E-state index in [0.717, 1.165) is 6.26 Å². The summed E-state index contributed by atoms with van der Waals surface area (Å²) in [5.41, 5.74) is -3.84. The summed E-state index contributed by atoms with van der Waals surface area (Å²) in [4.78, 5) is 52.0. The van der Waals surface area contributed by atoms with E-state index in [1.165, 1.54) is 73.7 Å². The zero-order valence-corrected chi connectivity index (χ0v) is 47.1. The molecule has 440 valence electrons. The fourth-order valence-corrected chi connectivity index (χ4v) is 10.4. The third-order valence-electron chi connectivity index (χ3n) is 11.9. The number of carbonyl (C=O) groups excluding carboxylic acids is 4. The van der Waals surface area contributed by atoms with Crippen LogP contribution in [-0.4, -0.2) is 68.1 Å². The molecule has 10 nitrogen and oxygen atoms in total. The molecule has 4 amide bonds. The highest BCUT2D eigenvalue weighted by molar-refractivity contribution is 7.98. The predicted molar refractivity (Wildman–Crippen MR) is 292 cm³/mol. The standard InChI is InChI=1S/C28H25ClF6N2O4S.C28H25ClF6N2O2S/c1-15-9-17(10-18-11-19(27(30,31)32)13-20(12-18)28(33,34)35)7-8-23(15)37-25(38)21-5-4-6-22(29)24(21)26(39)36-16(2)14-42(3,40)41;1-15-9-17(10-18-11-19(27(30,31)32)13-20(12-18)28(33,34)35)7-8-23(15)37-25(38)21-5-4-6-22(29)24(21)26(39)36-16(2)14-40-3/h4-9,11-13,16H,10,14H2,1-3H3,(H,36,39)(H,37,38);4-9,11-13,16H,10,14H2,1-3H3,(H,36,39)(H,37,38). The molecule has 0 aliphatic heterocycles. The van der Waals surface area contributed by atoms with Gasteiger partial charge in [-0.25, -0.2) is 8.42 Å². The molecule has 0 heterocycles. The molecule has 0 saturated heterocycles. The lowest BCUT2D eigenvalue weighted by Gasteiger charge is -2.17. The van der Waals surface area contributed by atoms with Gasteiger partial charge in [-0.05, 0) is 153 Å². The average molecular weight is 1240 g/mol. The van der Waals surface area contributed by atoms with Crippen molar-refractivity contribution in [2.45, 2.75) is 77.3 Å². The zero-order valence-electron chi connectivity index (χ0n) is 43.9. The maximum absolute atomic E-state index is 13.2. The zero-order chi connectivity index (χ0) is 61.4. The van der Waals surface area contributed by atoms with Crippen molar-refractivity contribution in [3.05, 3.63) is 197 Å². The molecule has 0 bridgehead atoms.